The number of carbonyl (C=O) groups is 1. The highest BCUT2D eigenvalue weighted by molar-refractivity contribution is 7.98. The number of carbonyl (C=O) groups excluding carboxylic acids is 1. The highest BCUT2D eigenvalue weighted by atomic mass is 32.2. The number of aromatic nitrogens is 4. The van der Waals surface area contributed by atoms with Gasteiger partial charge in [-0.15, -0.1) is 0 Å². The Morgan fingerprint density at radius 1 is 1.08 bits per heavy atom. The Bertz CT molecular complexity index is 1090. The minimum atomic E-state index is -1.22. The van der Waals surface area contributed by atoms with E-state index in [0.29, 0.717) is 22.1 Å². The van der Waals surface area contributed by atoms with E-state index in [-0.39, 0.29) is 5.56 Å². The molecule has 3 aromatic rings. The van der Waals surface area contributed by atoms with Gasteiger partial charge in [-0.25, -0.2) is 9.78 Å². The van der Waals surface area contributed by atoms with Crippen molar-refractivity contribution in [2.24, 2.45) is 21.1 Å². The van der Waals surface area contributed by atoms with Crippen LogP contribution in [-0.2, 0) is 26.9 Å². The van der Waals surface area contributed by atoms with Crippen molar-refractivity contribution in [1.29, 1.82) is 0 Å². The number of aryl methyl sites for hydroxylation is 2. The Morgan fingerprint density at radius 3 is 2.32 bits per heavy atom. The summed E-state index contributed by atoms with van der Waals surface area (Å²) in [6.07, 6.45) is 0. The van der Waals surface area contributed by atoms with Gasteiger partial charge < -0.3 is 14.5 Å². The number of carboxylic acids is 1. The van der Waals surface area contributed by atoms with Crippen molar-refractivity contribution in [2.75, 3.05) is 0 Å². The number of carboxylic acid groups (broad SMARTS) is 1. The van der Waals surface area contributed by atoms with E-state index in [2.05, 4.69) is 4.98 Å². The van der Waals surface area contributed by atoms with Gasteiger partial charge in [-0.05, 0) is 11.1 Å². The van der Waals surface area contributed by atoms with E-state index in [4.69, 9.17) is 0 Å². The predicted octanol–water partition coefficient (Wildman–Crippen LogP) is -0.374. The highest BCUT2D eigenvalue weighted by Crippen LogP contribution is 2.24. The zero-order valence-electron chi connectivity index (χ0n) is 13.8. The lowest BCUT2D eigenvalue weighted by Gasteiger charge is -2.05. The number of nitrogens with zero attached hydrogens (tertiary/aromatic N) is 4. The number of fused-ring (bicyclic) bond motifs is 1. The lowest BCUT2D eigenvalue weighted by atomic mass is 10.1. The van der Waals surface area contributed by atoms with E-state index in [0.717, 1.165) is 10.1 Å². The van der Waals surface area contributed by atoms with Crippen LogP contribution in [0, 0.1) is 0 Å². The second kappa shape index (κ2) is 6.25. The normalized spacial score (nSPS) is 11.2. The number of imidazole rings is 1. The maximum atomic E-state index is 12.3. The minimum Gasteiger partial charge on any atom is -0.545 e. The first kappa shape index (κ1) is 17.0. The Balaban J connectivity index is 1.95. The average molecular weight is 359 g/mol. The van der Waals surface area contributed by atoms with E-state index >= 15 is 0 Å². The standard InChI is InChI=1S/C16H16N4O4S/c1-18-11-12(19(2)16(24)20(3)13(11)21)17-15(18)25-8-9-4-6-10(7-5-9)14(22)23/h4-7H,8H2,1-3H3,(H,22,23)/p-1. The van der Waals surface area contributed by atoms with Gasteiger partial charge >= 0.3 is 5.69 Å². The first-order chi connectivity index (χ1) is 11.8. The summed E-state index contributed by atoms with van der Waals surface area (Å²) in [6, 6.07) is 6.38. The number of rotatable bonds is 4. The summed E-state index contributed by atoms with van der Waals surface area (Å²) in [4.78, 5) is 39.5. The van der Waals surface area contributed by atoms with Crippen molar-refractivity contribution in [1.82, 2.24) is 18.7 Å². The van der Waals surface area contributed by atoms with E-state index in [1.165, 1.54) is 35.5 Å². The van der Waals surface area contributed by atoms with Gasteiger partial charge in [0.1, 0.15) is 0 Å². The third-order valence-electron chi connectivity index (χ3n) is 3.99. The van der Waals surface area contributed by atoms with Gasteiger partial charge in [-0.3, -0.25) is 13.9 Å². The van der Waals surface area contributed by atoms with Gasteiger partial charge in [-0.1, -0.05) is 36.0 Å². The first-order valence-electron chi connectivity index (χ1n) is 7.36. The quantitative estimate of drug-likeness (QED) is 0.589. The van der Waals surface area contributed by atoms with Crippen molar-refractivity contribution in [3.63, 3.8) is 0 Å². The number of aromatic carboxylic acids is 1. The zero-order valence-corrected chi connectivity index (χ0v) is 14.7. The molecule has 25 heavy (non-hydrogen) atoms. The molecule has 2 aromatic heterocycles. The van der Waals surface area contributed by atoms with Crippen LogP contribution >= 0.6 is 11.8 Å². The maximum Gasteiger partial charge on any atom is 0.332 e. The van der Waals surface area contributed by atoms with Gasteiger partial charge in [0.05, 0.1) is 5.97 Å². The summed E-state index contributed by atoms with van der Waals surface area (Å²) >= 11 is 1.39. The zero-order chi connectivity index (χ0) is 18.3. The predicted molar refractivity (Wildman–Crippen MR) is 91.5 cm³/mol. The van der Waals surface area contributed by atoms with Crippen LogP contribution in [-0.4, -0.2) is 24.7 Å². The molecular formula is C16H15N4O4S-. The smallest absolute Gasteiger partial charge is 0.332 e. The Kier molecular flexibility index (Phi) is 4.25. The molecule has 0 aliphatic heterocycles. The van der Waals surface area contributed by atoms with E-state index in [1.807, 2.05) is 0 Å². The largest absolute Gasteiger partial charge is 0.545 e. The molecule has 0 bridgehead atoms. The Hall–Kier alpha value is -2.81. The summed E-state index contributed by atoms with van der Waals surface area (Å²) in [5.74, 6) is -0.676. The molecule has 0 amide bonds. The van der Waals surface area contributed by atoms with Crippen molar-refractivity contribution in [3.05, 3.63) is 56.2 Å². The summed E-state index contributed by atoms with van der Waals surface area (Å²) < 4.78 is 4.06. The van der Waals surface area contributed by atoms with Gasteiger partial charge in [0, 0.05) is 26.9 Å². The van der Waals surface area contributed by atoms with E-state index in [9.17, 15) is 19.5 Å². The topological polar surface area (TPSA) is 102 Å². The molecular weight excluding hydrogens is 344 g/mol. The third-order valence-corrected chi connectivity index (χ3v) is 5.09. The van der Waals surface area contributed by atoms with Crippen LogP contribution in [0.1, 0.15) is 15.9 Å². The lowest BCUT2D eigenvalue weighted by molar-refractivity contribution is -0.255. The fourth-order valence-electron chi connectivity index (χ4n) is 2.51. The van der Waals surface area contributed by atoms with Gasteiger partial charge in [0.15, 0.2) is 16.3 Å². The second-order valence-electron chi connectivity index (χ2n) is 5.60. The lowest BCUT2D eigenvalue weighted by Crippen LogP contribution is -2.37. The maximum absolute atomic E-state index is 12.3. The molecule has 0 saturated heterocycles. The summed E-state index contributed by atoms with van der Waals surface area (Å²) in [7, 11) is 4.73. The summed E-state index contributed by atoms with van der Waals surface area (Å²) in [5.41, 5.74) is 0.909. The molecule has 0 aliphatic carbocycles. The SMILES string of the molecule is Cn1c(=O)c2c(nc(SCc3ccc(C(=O)[O-])cc3)n2C)n(C)c1=O. The second-order valence-corrected chi connectivity index (χ2v) is 6.55. The Morgan fingerprint density at radius 2 is 1.72 bits per heavy atom. The van der Waals surface area contributed by atoms with Crippen LogP contribution in [0.3, 0.4) is 0 Å². The average Bonchev–Trinajstić information content (AvgIpc) is 2.93. The molecule has 1 aromatic carbocycles. The molecule has 0 radical (unpaired) electrons. The number of thioether (sulfide) groups is 1. The number of benzene rings is 1. The van der Waals surface area contributed by atoms with E-state index < -0.39 is 17.2 Å². The van der Waals surface area contributed by atoms with Gasteiger partial charge in [-0.2, -0.15) is 0 Å². The molecule has 0 aliphatic rings. The van der Waals surface area contributed by atoms with Crippen molar-refractivity contribution >= 4 is 28.9 Å². The van der Waals surface area contributed by atoms with Crippen molar-refractivity contribution in [3.8, 4) is 0 Å². The molecule has 9 heteroatoms. The number of hydrogen-bond donors (Lipinski definition) is 0. The summed E-state index contributed by atoms with van der Waals surface area (Å²) in [5, 5.41) is 11.4. The molecule has 130 valence electrons. The molecule has 0 fully saturated rings. The van der Waals surface area contributed by atoms with Crippen LogP contribution in [0.25, 0.3) is 11.2 Å². The Labute approximate surface area is 146 Å². The highest BCUT2D eigenvalue weighted by Gasteiger charge is 2.17. The third kappa shape index (κ3) is 2.86. The molecule has 0 unspecified atom stereocenters. The monoisotopic (exact) mass is 359 g/mol. The van der Waals surface area contributed by atoms with Crippen LogP contribution in [0.4, 0.5) is 0 Å². The molecule has 8 nitrogen and oxygen atoms in total. The van der Waals surface area contributed by atoms with Crippen molar-refractivity contribution in [2.45, 2.75) is 10.9 Å². The van der Waals surface area contributed by atoms with Crippen LogP contribution in [0.2, 0.25) is 0 Å². The molecule has 0 N–H and O–H groups in total. The van der Waals surface area contributed by atoms with Gasteiger partial charge in [0.2, 0.25) is 0 Å². The molecule has 0 atom stereocenters. The van der Waals surface area contributed by atoms with Crippen LogP contribution in [0.15, 0.2) is 39.0 Å². The fourth-order valence-corrected chi connectivity index (χ4v) is 3.44. The number of hydrogen-bond acceptors (Lipinski definition) is 6. The molecule has 0 spiro atoms. The van der Waals surface area contributed by atoms with E-state index in [1.54, 1.807) is 30.8 Å². The van der Waals surface area contributed by atoms with Crippen LogP contribution in [0.5, 0.6) is 0 Å². The minimum absolute atomic E-state index is 0.120. The fraction of sp³-hybridized carbons (Fsp3) is 0.250. The molecule has 3 rings (SSSR count). The van der Waals surface area contributed by atoms with Crippen LogP contribution < -0.4 is 16.4 Å². The van der Waals surface area contributed by atoms with Gasteiger partial charge in [0.25, 0.3) is 5.56 Å². The summed E-state index contributed by atoms with van der Waals surface area (Å²) in [6.45, 7) is 0. The molecule has 0 saturated carbocycles. The van der Waals surface area contributed by atoms with Crippen molar-refractivity contribution < 1.29 is 9.90 Å². The first-order valence-corrected chi connectivity index (χ1v) is 8.35. The molecule has 2 heterocycles.